The van der Waals surface area contributed by atoms with Gasteiger partial charge >= 0.3 is 0 Å². The van der Waals surface area contributed by atoms with Crippen LogP contribution < -0.4 is 5.32 Å². The molecule has 1 atom stereocenters. The quantitative estimate of drug-likeness (QED) is 0.305. The fourth-order valence-corrected chi connectivity index (χ4v) is 4.87. The summed E-state index contributed by atoms with van der Waals surface area (Å²) in [6.45, 7) is 6.52. The van der Waals surface area contributed by atoms with E-state index in [9.17, 15) is 4.79 Å². The molecule has 6 heteroatoms. The third-order valence-corrected chi connectivity index (χ3v) is 6.79. The Labute approximate surface area is 205 Å². The fourth-order valence-electron chi connectivity index (χ4n) is 3.96. The molecule has 1 aromatic heterocycles. The number of nitrogens with zero attached hydrogens (tertiary/aromatic N) is 3. The lowest BCUT2D eigenvalue weighted by molar-refractivity contribution is -0.122. The summed E-state index contributed by atoms with van der Waals surface area (Å²) in [5, 5.41) is 12.8. The van der Waals surface area contributed by atoms with E-state index < -0.39 is 0 Å². The first-order chi connectivity index (χ1) is 16.5. The molecule has 4 rings (SSSR count). The minimum atomic E-state index is -0.188. The lowest BCUT2D eigenvalue weighted by Gasteiger charge is -2.16. The minimum Gasteiger partial charge on any atom is -0.348 e. The average molecular weight is 471 g/mol. The second-order valence-electron chi connectivity index (χ2n) is 8.44. The number of hydrogen-bond donors (Lipinski definition) is 1. The van der Waals surface area contributed by atoms with E-state index in [1.807, 2.05) is 41.8 Å². The third kappa shape index (κ3) is 5.75. The van der Waals surface area contributed by atoms with E-state index in [0.29, 0.717) is 12.4 Å². The van der Waals surface area contributed by atoms with Gasteiger partial charge in [-0.1, -0.05) is 96.5 Å². The van der Waals surface area contributed by atoms with Crippen LogP contribution >= 0.6 is 11.8 Å². The number of carbonyl (C=O) groups is 1. The van der Waals surface area contributed by atoms with Gasteiger partial charge in [-0.25, -0.2) is 0 Å². The van der Waals surface area contributed by atoms with Crippen molar-refractivity contribution in [3.8, 4) is 5.69 Å². The molecule has 0 aliphatic rings. The molecule has 0 spiro atoms. The van der Waals surface area contributed by atoms with Gasteiger partial charge in [0.05, 0.1) is 12.5 Å². The highest BCUT2D eigenvalue weighted by Crippen LogP contribution is 2.26. The summed E-state index contributed by atoms with van der Waals surface area (Å²) in [5.74, 6) is 1.32. The van der Waals surface area contributed by atoms with Gasteiger partial charge in [-0.2, -0.15) is 0 Å². The molecule has 1 unspecified atom stereocenters. The van der Waals surface area contributed by atoms with E-state index in [-0.39, 0.29) is 11.8 Å². The lowest BCUT2D eigenvalue weighted by atomic mass is 9.96. The Balaban J connectivity index is 1.55. The molecule has 0 radical (unpaired) electrons. The molecule has 0 aliphatic carbocycles. The molecule has 0 bridgehead atoms. The van der Waals surface area contributed by atoms with E-state index in [4.69, 9.17) is 0 Å². The summed E-state index contributed by atoms with van der Waals surface area (Å²) in [5.41, 5.74) is 5.69. The first kappa shape index (κ1) is 23.8. The Morgan fingerprint density at radius 3 is 2.41 bits per heavy atom. The van der Waals surface area contributed by atoms with Crippen molar-refractivity contribution in [3.63, 3.8) is 0 Å². The molecule has 3 aromatic carbocycles. The van der Waals surface area contributed by atoms with Crippen molar-refractivity contribution in [3.05, 3.63) is 107 Å². The first-order valence-corrected chi connectivity index (χ1v) is 12.6. The summed E-state index contributed by atoms with van der Waals surface area (Å²) in [6.07, 6.45) is 0.734. The van der Waals surface area contributed by atoms with Gasteiger partial charge in [0, 0.05) is 11.4 Å². The van der Waals surface area contributed by atoms with Crippen LogP contribution in [0.25, 0.3) is 5.69 Å². The van der Waals surface area contributed by atoms with Crippen molar-refractivity contribution in [1.29, 1.82) is 0 Å². The smallest absolute Gasteiger partial charge is 0.227 e. The van der Waals surface area contributed by atoms with Crippen LogP contribution in [0.15, 0.2) is 84.0 Å². The van der Waals surface area contributed by atoms with Gasteiger partial charge in [0.25, 0.3) is 0 Å². The number of amides is 1. The highest BCUT2D eigenvalue weighted by atomic mass is 32.2. The molecular formula is C28H30N4OS. The van der Waals surface area contributed by atoms with Gasteiger partial charge in [0.15, 0.2) is 11.0 Å². The molecular weight excluding hydrogens is 440 g/mol. The van der Waals surface area contributed by atoms with Crippen LogP contribution in [0.4, 0.5) is 0 Å². The predicted octanol–water partition coefficient (Wildman–Crippen LogP) is 5.99. The SMILES string of the molecule is CCC(C(=O)NCc1nnc(SCc2cccc(C)c2)n1-c1ccc(C)cc1)c1ccccc1. The number of thioether (sulfide) groups is 1. The Bertz CT molecular complexity index is 1240. The van der Waals surface area contributed by atoms with E-state index in [1.165, 1.54) is 16.7 Å². The maximum Gasteiger partial charge on any atom is 0.227 e. The van der Waals surface area contributed by atoms with Gasteiger partial charge in [-0.05, 0) is 43.5 Å². The largest absolute Gasteiger partial charge is 0.348 e. The maximum absolute atomic E-state index is 13.0. The molecule has 0 fully saturated rings. The number of aryl methyl sites for hydroxylation is 2. The van der Waals surface area contributed by atoms with Gasteiger partial charge in [0.2, 0.25) is 5.91 Å². The van der Waals surface area contributed by atoms with Crippen LogP contribution in [-0.2, 0) is 17.1 Å². The van der Waals surface area contributed by atoms with E-state index in [0.717, 1.165) is 28.6 Å². The average Bonchev–Trinajstić information content (AvgIpc) is 3.26. The van der Waals surface area contributed by atoms with Crippen molar-refractivity contribution < 1.29 is 4.79 Å². The number of hydrogen-bond acceptors (Lipinski definition) is 4. The minimum absolute atomic E-state index is 0.00104. The number of nitrogens with one attached hydrogen (secondary N) is 1. The Morgan fingerprint density at radius 2 is 1.71 bits per heavy atom. The van der Waals surface area contributed by atoms with Crippen LogP contribution in [0.5, 0.6) is 0 Å². The molecule has 0 aliphatic heterocycles. The Kier molecular flexibility index (Phi) is 7.80. The van der Waals surface area contributed by atoms with Crippen LogP contribution in [0, 0.1) is 13.8 Å². The normalized spacial score (nSPS) is 11.9. The lowest BCUT2D eigenvalue weighted by Crippen LogP contribution is -2.29. The zero-order chi connectivity index (χ0) is 23.9. The zero-order valence-electron chi connectivity index (χ0n) is 19.9. The second kappa shape index (κ2) is 11.2. The summed E-state index contributed by atoms with van der Waals surface area (Å²) in [7, 11) is 0. The predicted molar refractivity (Wildman–Crippen MR) is 138 cm³/mol. The van der Waals surface area contributed by atoms with Crippen LogP contribution in [0.2, 0.25) is 0 Å². The summed E-state index contributed by atoms with van der Waals surface area (Å²) < 4.78 is 2.05. The van der Waals surface area contributed by atoms with Crippen molar-refractivity contribution in [1.82, 2.24) is 20.1 Å². The standard InChI is InChI=1S/C28H30N4OS/c1-4-25(23-11-6-5-7-12-23)27(33)29-18-26-30-31-28(32(26)24-15-13-20(2)14-16-24)34-19-22-10-8-9-21(3)17-22/h5-17,25H,4,18-19H2,1-3H3,(H,29,33). The van der Waals surface area contributed by atoms with E-state index in [2.05, 4.69) is 77.9 Å². The monoisotopic (exact) mass is 470 g/mol. The van der Waals surface area contributed by atoms with Crippen LogP contribution in [-0.4, -0.2) is 20.7 Å². The summed E-state index contributed by atoms with van der Waals surface area (Å²) >= 11 is 1.65. The zero-order valence-corrected chi connectivity index (χ0v) is 20.7. The maximum atomic E-state index is 13.0. The number of aromatic nitrogens is 3. The number of benzene rings is 3. The molecule has 34 heavy (non-hydrogen) atoms. The number of carbonyl (C=O) groups excluding carboxylic acids is 1. The summed E-state index contributed by atoms with van der Waals surface area (Å²) in [4.78, 5) is 13.0. The van der Waals surface area contributed by atoms with Gasteiger partial charge in [-0.15, -0.1) is 10.2 Å². The molecule has 5 nitrogen and oxygen atoms in total. The third-order valence-electron chi connectivity index (χ3n) is 5.79. The van der Waals surface area contributed by atoms with E-state index in [1.54, 1.807) is 11.8 Å². The molecule has 1 N–H and O–H groups in total. The molecule has 1 amide bonds. The first-order valence-electron chi connectivity index (χ1n) is 11.6. The highest BCUT2D eigenvalue weighted by molar-refractivity contribution is 7.98. The van der Waals surface area contributed by atoms with Crippen LogP contribution in [0.3, 0.4) is 0 Å². The van der Waals surface area contributed by atoms with Crippen molar-refractivity contribution >= 4 is 17.7 Å². The van der Waals surface area contributed by atoms with Crippen molar-refractivity contribution in [2.24, 2.45) is 0 Å². The Hall–Kier alpha value is -3.38. The summed E-state index contributed by atoms with van der Waals surface area (Å²) in [6, 6.07) is 26.7. The topological polar surface area (TPSA) is 59.8 Å². The Morgan fingerprint density at radius 1 is 0.941 bits per heavy atom. The molecule has 0 saturated carbocycles. The van der Waals surface area contributed by atoms with Gasteiger partial charge in [-0.3, -0.25) is 9.36 Å². The van der Waals surface area contributed by atoms with Gasteiger partial charge in [0.1, 0.15) is 0 Å². The van der Waals surface area contributed by atoms with Gasteiger partial charge < -0.3 is 5.32 Å². The molecule has 174 valence electrons. The van der Waals surface area contributed by atoms with Crippen molar-refractivity contribution in [2.45, 2.75) is 50.6 Å². The molecule has 0 saturated heterocycles. The fraction of sp³-hybridized carbons (Fsp3) is 0.250. The van der Waals surface area contributed by atoms with Crippen molar-refractivity contribution in [2.75, 3.05) is 0 Å². The number of rotatable bonds is 9. The van der Waals surface area contributed by atoms with Crippen LogP contribution in [0.1, 0.15) is 47.3 Å². The molecule has 1 heterocycles. The second-order valence-corrected chi connectivity index (χ2v) is 9.38. The highest BCUT2D eigenvalue weighted by Gasteiger charge is 2.20. The van der Waals surface area contributed by atoms with E-state index >= 15 is 0 Å². The molecule has 4 aromatic rings.